The highest BCUT2D eigenvalue weighted by Crippen LogP contribution is 2.26. The summed E-state index contributed by atoms with van der Waals surface area (Å²) >= 11 is 0. The van der Waals surface area contributed by atoms with E-state index < -0.39 is 16.4 Å². The van der Waals surface area contributed by atoms with Crippen molar-refractivity contribution in [3.63, 3.8) is 0 Å². The highest BCUT2D eigenvalue weighted by Gasteiger charge is 2.17. The molecule has 0 spiro atoms. The third kappa shape index (κ3) is 3.45. The first-order valence-corrected chi connectivity index (χ1v) is 6.54. The number of phenolic OH excluding ortho intramolecular Hbond substituents is 1. The number of benzene rings is 1. The van der Waals surface area contributed by atoms with E-state index in [9.17, 15) is 20.0 Å². The number of aromatic hydroxyl groups is 1. The van der Waals surface area contributed by atoms with Crippen molar-refractivity contribution in [3.8, 4) is 5.75 Å². The van der Waals surface area contributed by atoms with E-state index in [4.69, 9.17) is 0 Å². The first-order chi connectivity index (χ1) is 9.58. The van der Waals surface area contributed by atoms with Crippen LogP contribution >= 0.6 is 0 Å². The molecule has 1 fully saturated rings. The molecule has 7 heteroatoms. The fourth-order valence-corrected chi connectivity index (χ4v) is 2.26. The number of rotatable bonds is 4. The van der Waals surface area contributed by atoms with Crippen LogP contribution in [0.1, 0.15) is 23.2 Å². The van der Waals surface area contributed by atoms with Gasteiger partial charge < -0.3 is 15.7 Å². The highest BCUT2D eigenvalue weighted by molar-refractivity contribution is 5.95. The molecule has 20 heavy (non-hydrogen) atoms. The van der Waals surface area contributed by atoms with Crippen LogP contribution in [-0.2, 0) is 0 Å². The molecule has 1 atom stereocenters. The molecule has 1 amide bonds. The zero-order valence-corrected chi connectivity index (χ0v) is 11.0. The Morgan fingerprint density at radius 1 is 1.55 bits per heavy atom. The van der Waals surface area contributed by atoms with E-state index in [0.717, 1.165) is 38.1 Å². The molecule has 3 N–H and O–H groups in total. The molecule has 1 aliphatic heterocycles. The molecule has 7 nitrogen and oxygen atoms in total. The molecule has 108 valence electrons. The second kappa shape index (κ2) is 6.33. The van der Waals surface area contributed by atoms with Gasteiger partial charge in [-0.15, -0.1) is 0 Å². The molecular weight excluding hydrogens is 262 g/mol. The van der Waals surface area contributed by atoms with Crippen LogP contribution in [0.4, 0.5) is 5.69 Å². The molecule has 0 bridgehead atoms. The number of nitro benzene ring substituents is 1. The van der Waals surface area contributed by atoms with Crippen LogP contribution in [0.3, 0.4) is 0 Å². The van der Waals surface area contributed by atoms with E-state index in [0.29, 0.717) is 12.5 Å². The Bertz CT molecular complexity index is 512. The molecule has 1 saturated heterocycles. The van der Waals surface area contributed by atoms with Crippen molar-refractivity contribution in [3.05, 3.63) is 33.9 Å². The van der Waals surface area contributed by atoms with E-state index in [1.165, 1.54) is 6.07 Å². The minimum atomic E-state index is -0.690. The summed E-state index contributed by atoms with van der Waals surface area (Å²) in [5.41, 5.74) is -0.185. The molecule has 2 rings (SSSR count). The Hall–Kier alpha value is -2.15. The zero-order valence-electron chi connectivity index (χ0n) is 11.0. The minimum Gasteiger partial charge on any atom is -0.502 e. The minimum absolute atomic E-state index is 0.219. The summed E-state index contributed by atoms with van der Waals surface area (Å²) in [7, 11) is 0. The zero-order chi connectivity index (χ0) is 14.5. The quantitative estimate of drug-likeness (QED) is 0.564. The molecule has 0 radical (unpaired) electrons. The van der Waals surface area contributed by atoms with Gasteiger partial charge in [0.25, 0.3) is 5.91 Å². The van der Waals surface area contributed by atoms with E-state index in [-0.39, 0.29) is 11.5 Å². The smallest absolute Gasteiger partial charge is 0.310 e. The Labute approximate surface area is 116 Å². The Kier molecular flexibility index (Phi) is 4.52. The number of carbonyl (C=O) groups excluding carboxylic acids is 1. The second-order valence-electron chi connectivity index (χ2n) is 4.88. The molecular formula is C13H17N3O4. The number of nitrogens with one attached hydrogen (secondary N) is 2. The van der Waals surface area contributed by atoms with Crippen LogP contribution in [0.25, 0.3) is 0 Å². The number of piperidine rings is 1. The summed E-state index contributed by atoms with van der Waals surface area (Å²) in [6.45, 7) is 2.45. The summed E-state index contributed by atoms with van der Waals surface area (Å²) in [6, 6.07) is 3.59. The first-order valence-electron chi connectivity index (χ1n) is 6.54. The Balaban J connectivity index is 1.95. The predicted octanol–water partition coefficient (Wildman–Crippen LogP) is 1.03. The van der Waals surface area contributed by atoms with Crippen LogP contribution in [0.2, 0.25) is 0 Å². The topological polar surface area (TPSA) is 104 Å². The molecule has 0 saturated carbocycles. The molecule has 1 aromatic carbocycles. The van der Waals surface area contributed by atoms with Crippen molar-refractivity contribution in [2.45, 2.75) is 12.8 Å². The average Bonchev–Trinajstić information content (AvgIpc) is 2.45. The average molecular weight is 279 g/mol. The molecule has 0 aliphatic carbocycles. The molecule has 1 unspecified atom stereocenters. The molecule has 1 aliphatic rings. The van der Waals surface area contributed by atoms with Gasteiger partial charge >= 0.3 is 5.69 Å². The SMILES string of the molecule is O=C(NCC1CCCNC1)c1ccc([N+](=O)[O-])c(O)c1. The number of nitrogens with zero attached hydrogens (tertiary/aromatic N) is 1. The number of hydrogen-bond donors (Lipinski definition) is 3. The number of amides is 1. The van der Waals surface area contributed by atoms with Crippen LogP contribution in [0.5, 0.6) is 5.75 Å². The van der Waals surface area contributed by atoms with Gasteiger partial charge in [0.1, 0.15) is 0 Å². The predicted molar refractivity (Wildman–Crippen MR) is 72.7 cm³/mol. The lowest BCUT2D eigenvalue weighted by Crippen LogP contribution is -2.38. The summed E-state index contributed by atoms with van der Waals surface area (Å²) in [5.74, 6) is -0.429. The van der Waals surface area contributed by atoms with Crippen molar-refractivity contribution >= 4 is 11.6 Å². The van der Waals surface area contributed by atoms with Gasteiger partial charge in [-0.2, -0.15) is 0 Å². The van der Waals surface area contributed by atoms with Gasteiger partial charge in [-0.1, -0.05) is 0 Å². The fourth-order valence-electron chi connectivity index (χ4n) is 2.26. The van der Waals surface area contributed by atoms with Crippen LogP contribution < -0.4 is 10.6 Å². The maximum absolute atomic E-state index is 11.9. The number of nitro groups is 1. The van der Waals surface area contributed by atoms with Crippen LogP contribution in [-0.4, -0.2) is 35.6 Å². The third-order valence-corrected chi connectivity index (χ3v) is 3.38. The molecule has 1 heterocycles. The van der Waals surface area contributed by atoms with Gasteiger partial charge in [0.2, 0.25) is 0 Å². The summed E-state index contributed by atoms with van der Waals surface area (Å²) in [4.78, 5) is 21.8. The van der Waals surface area contributed by atoms with Gasteiger partial charge in [-0.25, -0.2) is 0 Å². The van der Waals surface area contributed by atoms with E-state index >= 15 is 0 Å². The van der Waals surface area contributed by atoms with Crippen molar-refractivity contribution in [2.75, 3.05) is 19.6 Å². The number of carbonyl (C=O) groups is 1. The largest absolute Gasteiger partial charge is 0.502 e. The lowest BCUT2D eigenvalue weighted by Gasteiger charge is -2.22. The first kappa shape index (κ1) is 14.3. The standard InChI is InChI=1S/C13H17N3O4/c17-12-6-10(3-4-11(12)16(19)20)13(18)15-8-9-2-1-5-14-7-9/h3-4,6,9,14,17H,1-2,5,7-8H2,(H,15,18). The van der Waals surface area contributed by atoms with Gasteiger partial charge in [-0.3, -0.25) is 14.9 Å². The number of hydrogen-bond acceptors (Lipinski definition) is 5. The summed E-state index contributed by atoms with van der Waals surface area (Å²) in [6.07, 6.45) is 2.16. The van der Waals surface area contributed by atoms with Gasteiger partial charge in [0, 0.05) is 18.2 Å². The van der Waals surface area contributed by atoms with Gasteiger partial charge in [0.05, 0.1) is 4.92 Å². The maximum Gasteiger partial charge on any atom is 0.310 e. The third-order valence-electron chi connectivity index (χ3n) is 3.38. The van der Waals surface area contributed by atoms with Crippen molar-refractivity contribution in [1.29, 1.82) is 0 Å². The van der Waals surface area contributed by atoms with Crippen LogP contribution in [0, 0.1) is 16.0 Å². The second-order valence-corrected chi connectivity index (χ2v) is 4.88. The molecule has 1 aromatic rings. The van der Waals surface area contributed by atoms with Crippen LogP contribution in [0.15, 0.2) is 18.2 Å². The van der Waals surface area contributed by atoms with E-state index in [2.05, 4.69) is 10.6 Å². The van der Waals surface area contributed by atoms with E-state index in [1.807, 2.05) is 0 Å². The maximum atomic E-state index is 11.9. The van der Waals surface area contributed by atoms with Crippen molar-refractivity contribution in [1.82, 2.24) is 10.6 Å². The van der Waals surface area contributed by atoms with E-state index in [1.54, 1.807) is 0 Å². The van der Waals surface area contributed by atoms with Crippen molar-refractivity contribution in [2.24, 2.45) is 5.92 Å². The monoisotopic (exact) mass is 279 g/mol. The van der Waals surface area contributed by atoms with Gasteiger partial charge in [-0.05, 0) is 44.0 Å². The molecule has 0 aromatic heterocycles. The van der Waals surface area contributed by atoms with Crippen molar-refractivity contribution < 1.29 is 14.8 Å². The highest BCUT2D eigenvalue weighted by atomic mass is 16.6. The fraction of sp³-hybridized carbons (Fsp3) is 0.462. The lowest BCUT2D eigenvalue weighted by atomic mass is 9.99. The number of phenols is 1. The Morgan fingerprint density at radius 3 is 2.95 bits per heavy atom. The normalized spacial score (nSPS) is 18.5. The summed E-state index contributed by atoms with van der Waals surface area (Å²) in [5, 5.41) is 26.1. The summed E-state index contributed by atoms with van der Waals surface area (Å²) < 4.78 is 0. The van der Waals surface area contributed by atoms with Gasteiger partial charge in [0.15, 0.2) is 5.75 Å². The lowest BCUT2D eigenvalue weighted by molar-refractivity contribution is -0.385. The Morgan fingerprint density at radius 2 is 2.35 bits per heavy atom.